The Kier molecular flexibility index (Phi) is 5.38. The fraction of sp³-hybridized carbons (Fsp3) is 0.0909. The minimum Gasteiger partial charge on any atom is -0.460 e. The van der Waals surface area contributed by atoms with Crippen molar-refractivity contribution in [1.29, 1.82) is 0 Å². The first-order chi connectivity index (χ1) is 14.2. The summed E-state index contributed by atoms with van der Waals surface area (Å²) in [6.45, 7) is 0.461. The van der Waals surface area contributed by atoms with Crippen LogP contribution in [-0.4, -0.2) is 32.6 Å². The Bertz CT molecular complexity index is 1100. The molecule has 2 aromatic heterocycles. The van der Waals surface area contributed by atoms with Crippen molar-refractivity contribution in [3.05, 3.63) is 90.5 Å². The van der Waals surface area contributed by atoms with Gasteiger partial charge in [0.2, 0.25) is 0 Å². The van der Waals surface area contributed by atoms with Gasteiger partial charge in [0.05, 0.1) is 17.8 Å². The molecule has 0 aliphatic heterocycles. The normalized spacial score (nSPS) is 10.7. The summed E-state index contributed by atoms with van der Waals surface area (Å²) >= 11 is 0. The van der Waals surface area contributed by atoms with Crippen LogP contribution in [0.15, 0.2) is 79.1 Å². The number of ether oxygens (including phenoxy) is 1. The fourth-order valence-corrected chi connectivity index (χ4v) is 2.95. The van der Waals surface area contributed by atoms with Gasteiger partial charge in [-0.25, -0.2) is 13.9 Å². The summed E-state index contributed by atoms with van der Waals surface area (Å²) < 4.78 is 20.4. The highest BCUT2D eigenvalue weighted by molar-refractivity contribution is 5.89. The highest BCUT2D eigenvalue weighted by Gasteiger charge is 2.17. The SMILES string of the molecule is O=C(OCCn1nnc(-c2ccc(F)cc2)c1-c1ccncc1)c1ccccc1. The zero-order valence-electron chi connectivity index (χ0n) is 15.4. The molecule has 4 aromatic rings. The maximum atomic E-state index is 13.3. The Morgan fingerprint density at radius 1 is 0.931 bits per heavy atom. The predicted octanol–water partition coefficient (Wildman–Crippen LogP) is 4.00. The van der Waals surface area contributed by atoms with Gasteiger partial charge in [0, 0.05) is 23.5 Å². The van der Waals surface area contributed by atoms with E-state index in [-0.39, 0.29) is 12.4 Å². The molecule has 0 aliphatic carbocycles. The number of aromatic nitrogens is 4. The van der Waals surface area contributed by atoms with Gasteiger partial charge >= 0.3 is 5.97 Å². The van der Waals surface area contributed by atoms with Crippen molar-refractivity contribution in [1.82, 2.24) is 20.0 Å². The van der Waals surface area contributed by atoms with Crippen molar-refractivity contribution in [2.45, 2.75) is 6.54 Å². The highest BCUT2D eigenvalue weighted by atomic mass is 19.1. The van der Waals surface area contributed by atoms with Gasteiger partial charge in [-0.15, -0.1) is 5.10 Å². The molecule has 0 aliphatic rings. The lowest BCUT2D eigenvalue weighted by Gasteiger charge is -2.09. The third-order valence-corrected chi connectivity index (χ3v) is 4.35. The van der Waals surface area contributed by atoms with Gasteiger partial charge in [0.25, 0.3) is 0 Å². The van der Waals surface area contributed by atoms with Crippen LogP contribution in [0, 0.1) is 5.82 Å². The molecule has 4 rings (SSSR count). The maximum Gasteiger partial charge on any atom is 0.338 e. The Hall–Kier alpha value is -3.87. The van der Waals surface area contributed by atoms with Gasteiger partial charge in [0.1, 0.15) is 18.1 Å². The van der Waals surface area contributed by atoms with Crippen molar-refractivity contribution in [3.8, 4) is 22.5 Å². The zero-order chi connectivity index (χ0) is 20.1. The minimum absolute atomic E-state index is 0.137. The standard InChI is InChI=1S/C22H17FN4O2/c23-19-8-6-16(7-9-19)20-21(17-10-12-24-13-11-17)27(26-25-20)14-15-29-22(28)18-4-2-1-3-5-18/h1-13H,14-15H2. The van der Waals surface area contributed by atoms with E-state index in [0.29, 0.717) is 17.8 Å². The van der Waals surface area contributed by atoms with E-state index < -0.39 is 5.97 Å². The van der Waals surface area contributed by atoms with Crippen LogP contribution in [0.4, 0.5) is 4.39 Å². The van der Waals surface area contributed by atoms with Crippen LogP contribution in [0.5, 0.6) is 0 Å². The number of esters is 1. The van der Waals surface area contributed by atoms with Crippen molar-refractivity contribution in [3.63, 3.8) is 0 Å². The van der Waals surface area contributed by atoms with Gasteiger partial charge < -0.3 is 4.74 Å². The fourth-order valence-electron chi connectivity index (χ4n) is 2.95. The molecule has 0 saturated heterocycles. The van der Waals surface area contributed by atoms with E-state index >= 15 is 0 Å². The van der Waals surface area contributed by atoms with Crippen molar-refractivity contribution < 1.29 is 13.9 Å². The Balaban J connectivity index is 1.58. The highest BCUT2D eigenvalue weighted by Crippen LogP contribution is 2.30. The number of hydrogen-bond acceptors (Lipinski definition) is 5. The molecule has 0 atom stereocenters. The van der Waals surface area contributed by atoms with E-state index in [9.17, 15) is 9.18 Å². The molecular formula is C22H17FN4O2. The molecule has 0 fully saturated rings. The van der Waals surface area contributed by atoms with Crippen molar-refractivity contribution >= 4 is 5.97 Å². The third kappa shape index (κ3) is 4.19. The van der Waals surface area contributed by atoms with Gasteiger partial charge in [-0.05, 0) is 48.5 Å². The average molecular weight is 388 g/mol. The van der Waals surface area contributed by atoms with Gasteiger partial charge in [-0.2, -0.15) is 0 Å². The average Bonchev–Trinajstić information content (AvgIpc) is 3.19. The molecule has 29 heavy (non-hydrogen) atoms. The molecule has 6 nitrogen and oxygen atoms in total. The molecular weight excluding hydrogens is 371 g/mol. The van der Waals surface area contributed by atoms with Crippen molar-refractivity contribution in [2.75, 3.05) is 6.61 Å². The Morgan fingerprint density at radius 2 is 1.66 bits per heavy atom. The summed E-state index contributed by atoms with van der Waals surface area (Å²) in [5.74, 6) is -0.714. The monoisotopic (exact) mass is 388 g/mol. The van der Waals surface area contributed by atoms with Crippen LogP contribution < -0.4 is 0 Å². The summed E-state index contributed by atoms with van der Waals surface area (Å²) in [7, 11) is 0. The second kappa shape index (κ2) is 8.43. The summed E-state index contributed by atoms with van der Waals surface area (Å²) in [6, 6.07) is 18.6. The molecule has 0 N–H and O–H groups in total. The molecule has 0 unspecified atom stereocenters. The zero-order valence-corrected chi connectivity index (χ0v) is 15.4. The number of halogens is 1. The number of carbonyl (C=O) groups is 1. The lowest BCUT2D eigenvalue weighted by atomic mass is 10.1. The van der Waals surface area contributed by atoms with Crippen LogP contribution >= 0.6 is 0 Å². The number of rotatable bonds is 6. The first-order valence-electron chi connectivity index (χ1n) is 9.04. The number of hydrogen-bond donors (Lipinski definition) is 0. The first kappa shape index (κ1) is 18.5. The lowest BCUT2D eigenvalue weighted by molar-refractivity contribution is 0.0487. The van der Waals surface area contributed by atoms with E-state index in [1.54, 1.807) is 53.5 Å². The molecule has 0 bridgehead atoms. The van der Waals surface area contributed by atoms with Crippen LogP contribution in [0.3, 0.4) is 0 Å². The smallest absolute Gasteiger partial charge is 0.338 e. The predicted molar refractivity (Wildman–Crippen MR) is 105 cm³/mol. The molecule has 144 valence electrons. The van der Waals surface area contributed by atoms with Gasteiger partial charge in [-0.3, -0.25) is 4.98 Å². The van der Waals surface area contributed by atoms with E-state index in [4.69, 9.17) is 4.74 Å². The van der Waals surface area contributed by atoms with E-state index in [1.165, 1.54) is 12.1 Å². The summed E-state index contributed by atoms with van der Waals surface area (Å²) in [6.07, 6.45) is 3.35. The van der Waals surface area contributed by atoms with Crippen molar-refractivity contribution in [2.24, 2.45) is 0 Å². The second-order valence-electron chi connectivity index (χ2n) is 6.25. The number of benzene rings is 2. The molecule has 0 amide bonds. The van der Waals surface area contributed by atoms with Crippen LogP contribution in [0.2, 0.25) is 0 Å². The van der Waals surface area contributed by atoms with E-state index in [2.05, 4.69) is 15.3 Å². The number of carbonyl (C=O) groups excluding carboxylic acids is 1. The molecule has 2 heterocycles. The summed E-state index contributed by atoms with van der Waals surface area (Å²) in [5, 5.41) is 8.50. The number of pyridine rings is 1. The van der Waals surface area contributed by atoms with E-state index in [0.717, 1.165) is 16.8 Å². The van der Waals surface area contributed by atoms with Crippen LogP contribution in [0.25, 0.3) is 22.5 Å². The van der Waals surface area contributed by atoms with Crippen LogP contribution in [-0.2, 0) is 11.3 Å². The Labute approximate surface area is 166 Å². The summed E-state index contributed by atoms with van der Waals surface area (Å²) in [5.41, 5.74) is 3.46. The second-order valence-corrected chi connectivity index (χ2v) is 6.25. The molecule has 2 aromatic carbocycles. The minimum atomic E-state index is -0.394. The molecule has 7 heteroatoms. The summed E-state index contributed by atoms with van der Waals surface area (Å²) in [4.78, 5) is 16.2. The third-order valence-electron chi connectivity index (χ3n) is 4.35. The number of nitrogens with zero attached hydrogens (tertiary/aromatic N) is 4. The topological polar surface area (TPSA) is 69.9 Å². The quantitative estimate of drug-likeness (QED) is 0.467. The maximum absolute atomic E-state index is 13.3. The van der Waals surface area contributed by atoms with Gasteiger partial charge in [0.15, 0.2) is 0 Å². The molecule has 0 saturated carbocycles. The first-order valence-corrected chi connectivity index (χ1v) is 9.04. The van der Waals surface area contributed by atoms with Gasteiger partial charge in [-0.1, -0.05) is 23.4 Å². The van der Waals surface area contributed by atoms with E-state index in [1.807, 2.05) is 18.2 Å². The molecule has 0 radical (unpaired) electrons. The van der Waals surface area contributed by atoms with Crippen LogP contribution in [0.1, 0.15) is 10.4 Å². The largest absolute Gasteiger partial charge is 0.460 e. The lowest BCUT2D eigenvalue weighted by Crippen LogP contribution is -2.13. The molecule has 0 spiro atoms. The Morgan fingerprint density at radius 3 is 2.38 bits per heavy atom.